The van der Waals surface area contributed by atoms with Crippen molar-refractivity contribution in [3.8, 4) is 0 Å². The van der Waals surface area contributed by atoms with E-state index in [9.17, 15) is 13.0 Å². The van der Waals surface area contributed by atoms with Gasteiger partial charge in [-0.2, -0.15) is 0 Å². The molecule has 0 fully saturated rings. The van der Waals surface area contributed by atoms with E-state index in [0.29, 0.717) is 10.9 Å². The van der Waals surface area contributed by atoms with E-state index in [0.717, 1.165) is 0 Å². The molecule has 0 radical (unpaired) electrons. The summed E-state index contributed by atoms with van der Waals surface area (Å²) >= 11 is 5.60. The van der Waals surface area contributed by atoms with Gasteiger partial charge in [0, 0.05) is 5.39 Å². The first kappa shape index (κ1) is 14.5. The number of pyridine rings is 1. The van der Waals surface area contributed by atoms with E-state index in [4.69, 9.17) is 11.6 Å². The van der Waals surface area contributed by atoms with Crippen LogP contribution in [0.25, 0.3) is 10.9 Å². The Kier molecular flexibility index (Phi) is 4.91. The molecule has 78 valence electrons. The molecule has 4 nitrogen and oxygen atoms in total. The number of benzene rings is 1. The third-order valence-corrected chi connectivity index (χ3v) is 3.16. The number of nitrogens with zero attached hydrogens (tertiary/aromatic N) is 1. The number of hydrogen-bond acceptors (Lipinski definition) is 4. The quantitative estimate of drug-likeness (QED) is 0.374. The van der Waals surface area contributed by atoms with Crippen LogP contribution in [0.1, 0.15) is 0 Å². The fourth-order valence-electron chi connectivity index (χ4n) is 1.25. The molecule has 0 amide bonds. The molecule has 0 bridgehead atoms. The van der Waals surface area contributed by atoms with Crippen LogP contribution < -0.4 is 51.4 Å². The Bertz CT molecular complexity index is 630. The summed E-state index contributed by atoms with van der Waals surface area (Å²) in [6.45, 7) is 0. The second kappa shape index (κ2) is 5.41. The number of para-hydroxylation sites is 1. The summed E-state index contributed by atoms with van der Waals surface area (Å²) in [5.74, 6) is 0. The maximum atomic E-state index is 10.8. The van der Waals surface area contributed by atoms with Gasteiger partial charge < -0.3 is 4.55 Å². The summed E-state index contributed by atoms with van der Waals surface area (Å²) in [6.07, 6.45) is 0. The van der Waals surface area contributed by atoms with E-state index >= 15 is 0 Å². The smallest absolute Gasteiger partial charge is 0.744 e. The van der Waals surface area contributed by atoms with Crippen molar-refractivity contribution in [2.45, 2.75) is 4.90 Å². The van der Waals surface area contributed by atoms with E-state index < -0.39 is 15.0 Å². The van der Waals surface area contributed by atoms with Crippen LogP contribution in [0.4, 0.5) is 0 Å². The average molecular weight is 282 g/mol. The van der Waals surface area contributed by atoms with Gasteiger partial charge in [-0.3, -0.25) is 0 Å². The van der Waals surface area contributed by atoms with Crippen LogP contribution in [0.5, 0.6) is 0 Å². The van der Waals surface area contributed by atoms with E-state index in [-0.39, 0.29) is 56.5 Å². The molecular weight excluding hydrogens is 277 g/mol. The van der Waals surface area contributed by atoms with Gasteiger partial charge in [-0.25, -0.2) is 13.4 Å². The van der Waals surface area contributed by atoms with E-state index in [1.807, 2.05) is 0 Å². The molecule has 2 rings (SSSR count). The maximum absolute atomic E-state index is 10.8. The monoisotopic (exact) mass is 281 g/mol. The molecule has 2 aromatic rings. The predicted molar refractivity (Wildman–Crippen MR) is 54.7 cm³/mol. The molecule has 0 aliphatic carbocycles. The van der Waals surface area contributed by atoms with Crippen LogP contribution in [0.15, 0.2) is 35.2 Å². The Morgan fingerprint density at radius 2 is 1.88 bits per heavy atom. The van der Waals surface area contributed by atoms with Crippen LogP contribution >= 0.6 is 11.6 Å². The van der Waals surface area contributed by atoms with Gasteiger partial charge in [0.25, 0.3) is 0 Å². The molecule has 1 aromatic carbocycles. The Morgan fingerprint density at radius 3 is 2.50 bits per heavy atom. The Balaban J connectivity index is 0.00000128. The second-order valence-electron chi connectivity index (χ2n) is 2.92. The van der Waals surface area contributed by atoms with Crippen molar-refractivity contribution in [2.24, 2.45) is 0 Å². The minimum atomic E-state index is -4.57. The maximum Gasteiger partial charge on any atom is 1.00 e. The average Bonchev–Trinajstić information content (AvgIpc) is 2.15. The summed E-state index contributed by atoms with van der Waals surface area (Å²) in [5.41, 5.74) is 0.551. The van der Waals surface area contributed by atoms with Crippen molar-refractivity contribution in [1.82, 2.24) is 4.98 Å². The standard InChI is InChI=1S/C9H6ClNO3S.K/c10-9-8(15(12,13)14)5-6-3-1-2-4-7(6)11-9;/h1-5H,(H,12,13,14);/q;+1/p-1. The molecular formula is C9H5ClKNO3S. The van der Waals surface area contributed by atoms with Crippen molar-refractivity contribution in [2.75, 3.05) is 0 Å². The molecule has 0 N–H and O–H groups in total. The molecule has 0 saturated heterocycles. The molecule has 0 saturated carbocycles. The Morgan fingerprint density at radius 1 is 1.25 bits per heavy atom. The normalized spacial score (nSPS) is 11.1. The summed E-state index contributed by atoms with van der Waals surface area (Å²) in [7, 11) is -4.57. The zero-order valence-corrected chi connectivity index (χ0v) is 13.0. The van der Waals surface area contributed by atoms with Crippen molar-refractivity contribution >= 4 is 32.6 Å². The topological polar surface area (TPSA) is 70.1 Å². The van der Waals surface area contributed by atoms with Gasteiger partial charge in [-0.1, -0.05) is 29.8 Å². The fraction of sp³-hybridized carbons (Fsp3) is 0. The largest absolute Gasteiger partial charge is 1.00 e. The first-order chi connectivity index (χ1) is 6.98. The zero-order chi connectivity index (χ0) is 11.1. The Labute approximate surface area is 140 Å². The van der Waals surface area contributed by atoms with Gasteiger partial charge in [0.2, 0.25) is 0 Å². The molecule has 0 aliphatic rings. The molecule has 16 heavy (non-hydrogen) atoms. The third-order valence-electron chi connectivity index (χ3n) is 1.91. The van der Waals surface area contributed by atoms with Crippen molar-refractivity contribution < 1.29 is 64.4 Å². The van der Waals surface area contributed by atoms with Gasteiger partial charge in [0.1, 0.15) is 15.3 Å². The van der Waals surface area contributed by atoms with E-state index in [2.05, 4.69) is 4.98 Å². The summed E-state index contributed by atoms with van der Waals surface area (Å²) in [5, 5.41) is 0.278. The second-order valence-corrected chi connectivity index (χ2v) is 4.63. The van der Waals surface area contributed by atoms with E-state index in [1.165, 1.54) is 6.07 Å². The van der Waals surface area contributed by atoms with Gasteiger partial charge >= 0.3 is 51.4 Å². The summed E-state index contributed by atoms with van der Waals surface area (Å²) in [4.78, 5) is 3.34. The van der Waals surface area contributed by atoms with Gasteiger partial charge in [-0.15, -0.1) is 0 Å². The molecule has 0 spiro atoms. The molecule has 1 heterocycles. The third kappa shape index (κ3) is 3.02. The summed E-state index contributed by atoms with van der Waals surface area (Å²) in [6, 6.07) is 8.04. The van der Waals surface area contributed by atoms with Gasteiger partial charge in [0.05, 0.1) is 10.4 Å². The minimum absolute atomic E-state index is 0. The summed E-state index contributed by atoms with van der Waals surface area (Å²) < 4.78 is 32.5. The van der Waals surface area contributed by atoms with Crippen LogP contribution in [-0.2, 0) is 10.1 Å². The fourth-order valence-corrected chi connectivity index (χ4v) is 2.20. The molecule has 0 atom stereocenters. The predicted octanol–water partition coefficient (Wildman–Crippen LogP) is -1.20. The van der Waals surface area contributed by atoms with Crippen molar-refractivity contribution in [3.63, 3.8) is 0 Å². The number of fused-ring (bicyclic) bond motifs is 1. The van der Waals surface area contributed by atoms with Crippen LogP contribution in [0.3, 0.4) is 0 Å². The minimum Gasteiger partial charge on any atom is -0.744 e. The van der Waals surface area contributed by atoms with Crippen molar-refractivity contribution in [1.29, 1.82) is 0 Å². The number of halogens is 1. The first-order valence-electron chi connectivity index (χ1n) is 4.00. The molecule has 0 aliphatic heterocycles. The zero-order valence-electron chi connectivity index (χ0n) is 8.34. The van der Waals surface area contributed by atoms with Gasteiger partial charge in [-0.05, 0) is 12.1 Å². The number of rotatable bonds is 1. The SMILES string of the molecule is O=S(=O)([O-])c1cc2ccccc2nc1Cl.[K+]. The van der Waals surface area contributed by atoms with Crippen LogP contribution in [0, 0.1) is 0 Å². The first-order valence-corrected chi connectivity index (χ1v) is 5.78. The number of aromatic nitrogens is 1. The van der Waals surface area contributed by atoms with E-state index in [1.54, 1.807) is 24.3 Å². The molecule has 7 heteroatoms. The molecule has 1 aromatic heterocycles. The van der Waals surface area contributed by atoms with Crippen LogP contribution in [0.2, 0.25) is 5.15 Å². The van der Waals surface area contributed by atoms with Gasteiger partial charge in [0.15, 0.2) is 0 Å². The van der Waals surface area contributed by atoms with Crippen LogP contribution in [-0.4, -0.2) is 18.0 Å². The van der Waals surface area contributed by atoms with Crippen molar-refractivity contribution in [3.05, 3.63) is 35.5 Å². The molecule has 0 unspecified atom stereocenters. The Hall–Kier alpha value is 0.466. The number of hydrogen-bond donors (Lipinski definition) is 0.